The van der Waals surface area contributed by atoms with Gasteiger partial charge in [-0.05, 0) is 30.7 Å². The van der Waals surface area contributed by atoms with Gasteiger partial charge in [0.15, 0.2) is 0 Å². The quantitative estimate of drug-likeness (QED) is 0.738. The second-order valence-electron chi connectivity index (χ2n) is 3.66. The molecule has 16 heavy (non-hydrogen) atoms. The van der Waals surface area contributed by atoms with Crippen LogP contribution in [0.15, 0.2) is 43.1 Å². The van der Waals surface area contributed by atoms with Crippen molar-refractivity contribution >= 4 is 6.08 Å². The summed E-state index contributed by atoms with van der Waals surface area (Å²) in [6.45, 7) is 5.58. The Hall–Kier alpha value is -1.96. The average molecular weight is 213 g/mol. The summed E-state index contributed by atoms with van der Waals surface area (Å²) in [5.74, 6) is -0.246. The molecule has 0 unspecified atom stereocenters. The predicted octanol–water partition coefficient (Wildman–Crippen LogP) is 3.84. The lowest BCUT2D eigenvalue weighted by atomic mass is 10.1. The van der Waals surface area contributed by atoms with Gasteiger partial charge in [0.25, 0.3) is 0 Å². The Morgan fingerprint density at radius 2 is 2.06 bits per heavy atom. The Morgan fingerprint density at radius 1 is 1.25 bits per heavy atom. The lowest BCUT2D eigenvalue weighted by Gasteiger charge is -2.04. The molecule has 0 saturated carbocycles. The van der Waals surface area contributed by atoms with Gasteiger partial charge in [-0.25, -0.2) is 4.39 Å². The Morgan fingerprint density at radius 3 is 2.69 bits per heavy atom. The van der Waals surface area contributed by atoms with Crippen molar-refractivity contribution in [3.63, 3.8) is 0 Å². The summed E-state index contributed by atoms with van der Waals surface area (Å²) in [4.78, 5) is 4.21. The number of benzene rings is 1. The first-order valence-electron chi connectivity index (χ1n) is 5.06. The molecule has 0 aliphatic rings. The van der Waals surface area contributed by atoms with Gasteiger partial charge in [0.05, 0.1) is 5.69 Å². The number of aryl methyl sites for hydroxylation is 1. The number of hydrogen-bond acceptors (Lipinski definition) is 1. The Kier molecular flexibility index (Phi) is 2.82. The van der Waals surface area contributed by atoms with Crippen molar-refractivity contribution in [2.45, 2.75) is 6.92 Å². The smallest absolute Gasteiger partial charge is 0.132 e. The third-order valence-electron chi connectivity index (χ3n) is 2.42. The van der Waals surface area contributed by atoms with Gasteiger partial charge in [-0.2, -0.15) is 0 Å². The molecule has 2 rings (SSSR count). The summed E-state index contributed by atoms with van der Waals surface area (Å²) in [6.07, 6.45) is 3.40. The summed E-state index contributed by atoms with van der Waals surface area (Å²) in [5.41, 5.74) is 3.13. The highest BCUT2D eigenvalue weighted by Gasteiger charge is 2.05. The number of aromatic nitrogens is 1. The fourth-order valence-corrected chi connectivity index (χ4v) is 1.52. The summed E-state index contributed by atoms with van der Waals surface area (Å²) in [7, 11) is 0. The van der Waals surface area contributed by atoms with Crippen molar-refractivity contribution in [1.82, 2.24) is 4.98 Å². The Balaban J connectivity index is 2.49. The fourth-order valence-electron chi connectivity index (χ4n) is 1.52. The Labute approximate surface area is 94.3 Å². The Bertz CT molecular complexity index is 515. The van der Waals surface area contributed by atoms with Crippen LogP contribution in [0.2, 0.25) is 0 Å². The third-order valence-corrected chi connectivity index (χ3v) is 2.42. The molecule has 0 aliphatic heterocycles. The lowest BCUT2D eigenvalue weighted by Crippen LogP contribution is -1.89. The first kappa shape index (κ1) is 10.6. The van der Waals surface area contributed by atoms with Crippen LogP contribution in [0.1, 0.15) is 11.1 Å². The second kappa shape index (κ2) is 4.27. The van der Waals surface area contributed by atoms with E-state index in [2.05, 4.69) is 11.6 Å². The van der Waals surface area contributed by atoms with Gasteiger partial charge in [0, 0.05) is 11.8 Å². The maximum Gasteiger partial charge on any atom is 0.132 e. The molecule has 0 amide bonds. The molecule has 0 spiro atoms. The van der Waals surface area contributed by atoms with Gasteiger partial charge in [0.2, 0.25) is 0 Å². The molecule has 1 aromatic heterocycles. The van der Waals surface area contributed by atoms with Crippen LogP contribution in [0.3, 0.4) is 0 Å². The van der Waals surface area contributed by atoms with Gasteiger partial charge in [-0.3, -0.25) is 4.98 Å². The van der Waals surface area contributed by atoms with Crippen molar-refractivity contribution in [2.75, 3.05) is 0 Å². The molecule has 0 aliphatic carbocycles. The van der Waals surface area contributed by atoms with Crippen LogP contribution in [0.25, 0.3) is 17.3 Å². The minimum Gasteiger partial charge on any atom is -0.256 e. The van der Waals surface area contributed by atoms with E-state index in [1.807, 2.05) is 13.0 Å². The highest BCUT2D eigenvalue weighted by Crippen LogP contribution is 2.22. The SMILES string of the molecule is C=Cc1ccc(-c2cc(C)ccc2F)nc1. The van der Waals surface area contributed by atoms with Crippen molar-refractivity contribution in [3.8, 4) is 11.3 Å². The van der Waals surface area contributed by atoms with E-state index >= 15 is 0 Å². The number of pyridine rings is 1. The van der Waals surface area contributed by atoms with E-state index in [0.29, 0.717) is 11.3 Å². The van der Waals surface area contributed by atoms with E-state index in [1.165, 1.54) is 6.07 Å². The molecule has 1 heterocycles. The molecule has 0 N–H and O–H groups in total. The summed E-state index contributed by atoms with van der Waals surface area (Å²) >= 11 is 0. The van der Waals surface area contributed by atoms with Crippen LogP contribution in [0.5, 0.6) is 0 Å². The number of halogens is 1. The van der Waals surface area contributed by atoms with Gasteiger partial charge in [0.1, 0.15) is 5.82 Å². The normalized spacial score (nSPS) is 10.1. The largest absolute Gasteiger partial charge is 0.256 e. The van der Waals surface area contributed by atoms with Gasteiger partial charge in [-0.15, -0.1) is 0 Å². The van der Waals surface area contributed by atoms with E-state index < -0.39 is 0 Å². The summed E-state index contributed by atoms with van der Waals surface area (Å²) < 4.78 is 13.6. The topological polar surface area (TPSA) is 12.9 Å². The summed E-state index contributed by atoms with van der Waals surface area (Å²) in [5, 5.41) is 0. The van der Waals surface area contributed by atoms with Crippen LogP contribution in [-0.2, 0) is 0 Å². The van der Waals surface area contributed by atoms with Crippen LogP contribution >= 0.6 is 0 Å². The van der Waals surface area contributed by atoms with Crippen LogP contribution < -0.4 is 0 Å². The minimum atomic E-state index is -0.246. The van der Waals surface area contributed by atoms with E-state index in [-0.39, 0.29) is 5.82 Å². The fraction of sp³-hybridized carbons (Fsp3) is 0.0714. The standard InChI is InChI=1S/C14H12FN/c1-3-11-5-7-14(16-9-11)12-8-10(2)4-6-13(12)15/h3-9H,1H2,2H3. The molecular formula is C14H12FN. The van der Waals surface area contributed by atoms with Gasteiger partial charge >= 0.3 is 0 Å². The van der Waals surface area contributed by atoms with Crippen LogP contribution in [0, 0.1) is 12.7 Å². The molecule has 1 aromatic carbocycles. The molecule has 2 heteroatoms. The first-order chi connectivity index (χ1) is 7.70. The van der Waals surface area contributed by atoms with Crippen molar-refractivity contribution < 1.29 is 4.39 Å². The second-order valence-corrected chi connectivity index (χ2v) is 3.66. The predicted molar refractivity (Wildman–Crippen MR) is 64.5 cm³/mol. The van der Waals surface area contributed by atoms with Crippen LogP contribution in [-0.4, -0.2) is 4.98 Å². The number of rotatable bonds is 2. The van der Waals surface area contributed by atoms with Gasteiger partial charge in [-0.1, -0.05) is 30.4 Å². The molecule has 0 atom stereocenters. The van der Waals surface area contributed by atoms with E-state index in [9.17, 15) is 4.39 Å². The monoisotopic (exact) mass is 213 g/mol. The summed E-state index contributed by atoms with van der Waals surface area (Å²) in [6, 6.07) is 8.68. The molecule has 80 valence electrons. The molecular weight excluding hydrogens is 201 g/mol. The van der Waals surface area contributed by atoms with Crippen molar-refractivity contribution in [3.05, 3.63) is 60.1 Å². The van der Waals surface area contributed by atoms with Crippen LogP contribution in [0.4, 0.5) is 4.39 Å². The third kappa shape index (κ3) is 2.01. The lowest BCUT2D eigenvalue weighted by molar-refractivity contribution is 0.630. The van der Waals surface area contributed by atoms with Crippen molar-refractivity contribution in [2.24, 2.45) is 0 Å². The van der Waals surface area contributed by atoms with E-state index in [1.54, 1.807) is 30.5 Å². The maximum absolute atomic E-state index is 13.6. The highest BCUT2D eigenvalue weighted by atomic mass is 19.1. The number of hydrogen-bond donors (Lipinski definition) is 0. The molecule has 1 nitrogen and oxygen atoms in total. The minimum absolute atomic E-state index is 0.246. The van der Waals surface area contributed by atoms with E-state index in [4.69, 9.17) is 0 Å². The molecule has 2 aromatic rings. The molecule has 0 fully saturated rings. The zero-order chi connectivity index (χ0) is 11.5. The zero-order valence-corrected chi connectivity index (χ0v) is 9.07. The first-order valence-corrected chi connectivity index (χ1v) is 5.06. The molecule has 0 radical (unpaired) electrons. The zero-order valence-electron chi connectivity index (χ0n) is 9.07. The van der Waals surface area contributed by atoms with Crippen molar-refractivity contribution in [1.29, 1.82) is 0 Å². The maximum atomic E-state index is 13.6. The average Bonchev–Trinajstić information content (AvgIpc) is 2.32. The molecule has 0 saturated heterocycles. The highest BCUT2D eigenvalue weighted by molar-refractivity contribution is 5.62. The molecule has 0 bridgehead atoms. The van der Waals surface area contributed by atoms with E-state index in [0.717, 1.165) is 11.1 Å². The van der Waals surface area contributed by atoms with Gasteiger partial charge < -0.3 is 0 Å². The number of nitrogens with zero attached hydrogens (tertiary/aromatic N) is 1.